The van der Waals surface area contributed by atoms with Crippen molar-refractivity contribution in [2.75, 3.05) is 12.4 Å². The van der Waals surface area contributed by atoms with Gasteiger partial charge in [-0.1, -0.05) is 67.6 Å². The van der Waals surface area contributed by atoms with Crippen LogP contribution in [0, 0.1) is 19.8 Å². The maximum atomic E-state index is 6.92. The van der Waals surface area contributed by atoms with E-state index in [-0.39, 0.29) is 0 Å². The number of hydrogen-bond donors (Lipinski definition) is 2. The standard InChI is InChI=1S/C26H33ClN4O/c1-5-6-7-24-28-25(31-30-24)29-26(16-19-10-11-19,20-12-8-17(2)9-13-20)21-14-18(3)23(32-4)15-22(21)27/h8-9,12-15,19H,5-7,10-11,16H2,1-4H3,(H2,28,29,30,31). The number of H-pyrrole nitrogens is 1. The van der Waals surface area contributed by atoms with E-state index in [1.807, 2.05) is 6.07 Å². The van der Waals surface area contributed by atoms with Crippen LogP contribution < -0.4 is 10.1 Å². The molecule has 6 heteroatoms. The van der Waals surface area contributed by atoms with Crippen molar-refractivity contribution in [3.63, 3.8) is 0 Å². The second kappa shape index (κ2) is 9.53. The zero-order valence-electron chi connectivity index (χ0n) is 19.5. The summed E-state index contributed by atoms with van der Waals surface area (Å²) in [6.45, 7) is 6.35. The zero-order chi connectivity index (χ0) is 22.7. The van der Waals surface area contributed by atoms with Crippen LogP contribution in [0.1, 0.15) is 67.1 Å². The van der Waals surface area contributed by atoms with Crippen molar-refractivity contribution >= 4 is 17.5 Å². The average Bonchev–Trinajstić information content (AvgIpc) is 3.49. The Morgan fingerprint density at radius 1 is 1.19 bits per heavy atom. The number of halogens is 1. The van der Waals surface area contributed by atoms with Gasteiger partial charge in [0.2, 0.25) is 5.95 Å². The van der Waals surface area contributed by atoms with E-state index >= 15 is 0 Å². The van der Waals surface area contributed by atoms with Crippen molar-refractivity contribution in [3.8, 4) is 5.75 Å². The molecule has 2 aromatic carbocycles. The molecule has 0 saturated heterocycles. The van der Waals surface area contributed by atoms with E-state index in [2.05, 4.69) is 66.6 Å². The van der Waals surface area contributed by atoms with Crippen molar-refractivity contribution in [2.24, 2.45) is 5.92 Å². The molecule has 0 bridgehead atoms. The molecule has 0 spiro atoms. The third-order valence-corrected chi connectivity index (χ3v) is 6.72. The van der Waals surface area contributed by atoms with Gasteiger partial charge >= 0.3 is 0 Å². The lowest BCUT2D eigenvalue weighted by Gasteiger charge is -2.37. The van der Waals surface area contributed by atoms with Crippen LogP contribution in [0.25, 0.3) is 0 Å². The van der Waals surface area contributed by atoms with Crippen LogP contribution in [-0.2, 0) is 12.0 Å². The Kier molecular flexibility index (Phi) is 6.75. The highest BCUT2D eigenvalue weighted by atomic mass is 35.5. The number of unbranched alkanes of at least 4 members (excludes halogenated alkanes) is 1. The van der Waals surface area contributed by atoms with E-state index in [1.54, 1.807) is 7.11 Å². The highest BCUT2D eigenvalue weighted by Crippen LogP contribution is 2.48. The quantitative estimate of drug-likeness (QED) is 0.364. The maximum absolute atomic E-state index is 6.92. The third kappa shape index (κ3) is 4.78. The Morgan fingerprint density at radius 2 is 1.94 bits per heavy atom. The smallest absolute Gasteiger partial charge is 0.243 e. The number of nitrogens with zero attached hydrogens (tertiary/aromatic N) is 2. The van der Waals surface area contributed by atoms with Crippen LogP contribution in [-0.4, -0.2) is 22.3 Å². The van der Waals surface area contributed by atoms with Gasteiger partial charge in [0.05, 0.1) is 17.7 Å². The number of methoxy groups -OCH3 is 1. The van der Waals surface area contributed by atoms with Gasteiger partial charge in [-0.15, -0.1) is 5.10 Å². The maximum Gasteiger partial charge on any atom is 0.243 e. The van der Waals surface area contributed by atoms with E-state index in [0.29, 0.717) is 16.9 Å². The Balaban J connectivity index is 1.85. The Labute approximate surface area is 196 Å². The van der Waals surface area contributed by atoms with Gasteiger partial charge in [0.15, 0.2) is 0 Å². The number of aromatic amines is 1. The molecule has 0 aliphatic heterocycles. The number of rotatable bonds is 10. The Bertz CT molecular complexity index is 1060. The first-order valence-corrected chi connectivity index (χ1v) is 11.9. The lowest BCUT2D eigenvalue weighted by atomic mass is 9.77. The second-order valence-electron chi connectivity index (χ2n) is 9.05. The van der Waals surface area contributed by atoms with E-state index in [9.17, 15) is 0 Å². The monoisotopic (exact) mass is 452 g/mol. The minimum Gasteiger partial charge on any atom is -0.496 e. The van der Waals surface area contributed by atoms with E-state index < -0.39 is 5.54 Å². The first kappa shape index (κ1) is 22.7. The molecule has 1 atom stereocenters. The molecule has 1 unspecified atom stereocenters. The lowest BCUT2D eigenvalue weighted by molar-refractivity contribution is 0.410. The summed E-state index contributed by atoms with van der Waals surface area (Å²) in [5, 5.41) is 12.1. The summed E-state index contributed by atoms with van der Waals surface area (Å²) in [6, 6.07) is 12.8. The molecule has 2 N–H and O–H groups in total. The molecule has 1 heterocycles. The van der Waals surface area contributed by atoms with Gasteiger partial charge < -0.3 is 10.1 Å². The fourth-order valence-corrected chi connectivity index (χ4v) is 4.69. The predicted molar refractivity (Wildman–Crippen MR) is 131 cm³/mol. The molecule has 3 aromatic rings. The Morgan fingerprint density at radius 3 is 2.59 bits per heavy atom. The molecular weight excluding hydrogens is 420 g/mol. The molecule has 4 rings (SSSR count). The van der Waals surface area contributed by atoms with Gasteiger partial charge in [-0.25, -0.2) is 0 Å². The molecule has 5 nitrogen and oxygen atoms in total. The fourth-order valence-electron chi connectivity index (χ4n) is 4.38. The number of aromatic nitrogens is 3. The number of anilines is 1. The first-order chi connectivity index (χ1) is 15.4. The second-order valence-corrected chi connectivity index (χ2v) is 9.46. The topological polar surface area (TPSA) is 62.8 Å². The fraction of sp³-hybridized carbons (Fsp3) is 0.462. The van der Waals surface area contributed by atoms with E-state index in [4.69, 9.17) is 21.3 Å². The molecular formula is C26H33ClN4O. The normalized spacial score (nSPS) is 15.4. The number of benzene rings is 2. The van der Waals surface area contributed by atoms with Gasteiger partial charge in [-0.3, -0.25) is 5.10 Å². The number of aryl methyl sites for hydroxylation is 3. The molecule has 170 valence electrons. The van der Waals surface area contributed by atoms with Crippen LogP contribution in [0.3, 0.4) is 0 Å². The third-order valence-electron chi connectivity index (χ3n) is 6.40. The molecule has 1 aliphatic carbocycles. The van der Waals surface area contributed by atoms with Crippen LogP contribution in [0.2, 0.25) is 5.02 Å². The van der Waals surface area contributed by atoms with Gasteiger partial charge in [0.25, 0.3) is 0 Å². The van der Waals surface area contributed by atoms with Crippen molar-refractivity contribution in [3.05, 3.63) is 69.5 Å². The van der Waals surface area contributed by atoms with E-state index in [0.717, 1.165) is 48.4 Å². The molecule has 1 fully saturated rings. The first-order valence-electron chi connectivity index (χ1n) is 11.6. The molecule has 1 saturated carbocycles. The summed E-state index contributed by atoms with van der Waals surface area (Å²) < 4.78 is 5.53. The van der Waals surface area contributed by atoms with Gasteiger partial charge in [0, 0.05) is 12.0 Å². The van der Waals surface area contributed by atoms with Crippen LogP contribution >= 0.6 is 11.6 Å². The van der Waals surface area contributed by atoms with Crippen molar-refractivity contribution in [1.82, 2.24) is 15.2 Å². The van der Waals surface area contributed by atoms with Crippen molar-refractivity contribution in [1.29, 1.82) is 0 Å². The summed E-state index contributed by atoms with van der Waals surface area (Å²) in [5.74, 6) is 2.96. The van der Waals surface area contributed by atoms with E-state index in [1.165, 1.54) is 24.0 Å². The lowest BCUT2D eigenvalue weighted by Crippen LogP contribution is -2.38. The minimum absolute atomic E-state index is 0.535. The Hall–Kier alpha value is -2.53. The molecule has 32 heavy (non-hydrogen) atoms. The van der Waals surface area contributed by atoms with Crippen LogP contribution in [0.5, 0.6) is 5.75 Å². The summed E-state index contributed by atoms with van der Waals surface area (Å²) >= 11 is 6.92. The molecule has 0 radical (unpaired) electrons. The average molecular weight is 453 g/mol. The summed E-state index contributed by atoms with van der Waals surface area (Å²) in [6.07, 6.45) is 6.51. The number of hydrogen-bond acceptors (Lipinski definition) is 4. The zero-order valence-corrected chi connectivity index (χ0v) is 20.2. The van der Waals surface area contributed by atoms with Gasteiger partial charge in [-0.05, 0) is 55.9 Å². The highest BCUT2D eigenvalue weighted by Gasteiger charge is 2.42. The number of nitrogens with one attached hydrogen (secondary N) is 2. The molecule has 1 aliphatic rings. The minimum atomic E-state index is -0.535. The highest BCUT2D eigenvalue weighted by molar-refractivity contribution is 6.31. The number of ether oxygens (including phenoxy) is 1. The summed E-state index contributed by atoms with van der Waals surface area (Å²) in [5.41, 5.74) is 3.95. The molecule has 1 aromatic heterocycles. The van der Waals surface area contributed by atoms with Gasteiger partial charge in [0.1, 0.15) is 11.6 Å². The summed E-state index contributed by atoms with van der Waals surface area (Å²) in [4.78, 5) is 4.77. The van der Waals surface area contributed by atoms with Crippen LogP contribution in [0.15, 0.2) is 36.4 Å². The van der Waals surface area contributed by atoms with Crippen molar-refractivity contribution in [2.45, 2.75) is 64.8 Å². The SMILES string of the molecule is CCCCc1nc(NC(CC2CC2)(c2ccc(C)cc2)c2cc(C)c(OC)cc2Cl)n[nH]1. The largest absolute Gasteiger partial charge is 0.496 e. The van der Waals surface area contributed by atoms with Crippen molar-refractivity contribution < 1.29 is 4.74 Å². The molecule has 0 amide bonds. The summed E-state index contributed by atoms with van der Waals surface area (Å²) in [7, 11) is 1.68. The van der Waals surface area contributed by atoms with Gasteiger partial charge in [-0.2, -0.15) is 4.98 Å². The predicted octanol–water partition coefficient (Wildman–Crippen LogP) is 6.58. The van der Waals surface area contributed by atoms with Crippen LogP contribution in [0.4, 0.5) is 5.95 Å².